The topological polar surface area (TPSA) is 103 Å². The number of fused-ring (bicyclic) bond motifs is 1. The van der Waals surface area contributed by atoms with Crippen LogP contribution in [0, 0.1) is 0 Å². The molecule has 1 saturated heterocycles. The van der Waals surface area contributed by atoms with E-state index in [1.807, 2.05) is 53.1 Å². The van der Waals surface area contributed by atoms with Gasteiger partial charge in [-0.25, -0.2) is 4.98 Å². The summed E-state index contributed by atoms with van der Waals surface area (Å²) in [5.74, 6) is 5.56. The van der Waals surface area contributed by atoms with Gasteiger partial charge in [-0.3, -0.25) is 9.69 Å². The smallest absolute Gasteiger partial charge is 0.277 e. The molecule has 0 radical (unpaired) electrons. The Kier molecular flexibility index (Phi) is 7.63. The number of rotatable bonds is 8. The molecule has 180 valence electrons. The van der Waals surface area contributed by atoms with Crippen molar-refractivity contribution in [3.05, 3.63) is 64.4 Å². The first kappa shape index (κ1) is 24.0. The first-order valence-corrected chi connectivity index (χ1v) is 12.4. The first-order chi connectivity index (χ1) is 16.5. The lowest BCUT2D eigenvalue weighted by Gasteiger charge is -2.39. The Balaban J connectivity index is 1.53. The van der Waals surface area contributed by atoms with Crippen molar-refractivity contribution in [2.45, 2.75) is 71.0 Å². The van der Waals surface area contributed by atoms with Crippen LogP contribution in [0.3, 0.4) is 0 Å². The molecule has 4 rings (SSSR count). The number of benzene rings is 2. The first-order valence-electron chi connectivity index (χ1n) is 12.4. The molecule has 1 aliphatic heterocycles. The number of unbranched alkanes of at least 4 members (excludes halogenated alkanes) is 2. The summed E-state index contributed by atoms with van der Waals surface area (Å²) < 4.78 is 1.87. The fraction of sp³-hybridized carbons (Fsp3) is 0.444. The molecule has 1 aromatic heterocycles. The minimum absolute atomic E-state index is 0.0858. The van der Waals surface area contributed by atoms with E-state index in [0.29, 0.717) is 35.4 Å². The van der Waals surface area contributed by atoms with E-state index in [1.54, 1.807) is 0 Å². The summed E-state index contributed by atoms with van der Waals surface area (Å²) in [6.45, 7) is 6.51. The number of hydrogen-bond acceptors (Lipinski definition) is 5. The minimum atomic E-state index is -0.0858. The number of nitrogens with two attached hydrogens (primary N) is 2. The molecule has 34 heavy (non-hydrogen) atoms. The number of piperidine rings is 1. The molecule has 0 aliphatic carbocycles. The van der Waals surface area contributed by atoms with Crippen LogP contribution in [0.5, 0.6) is 0 Å². The average Bonchev–Trinajstić information content (AvgIpc) is 2.85. The molecule has 1 aliphatic rings. The number of nitrogens with zero attached hydrogens (tertiary/aromatic N) is 4. The normalized spacial score (nSPS) is 19.5. The van der Waals surface area contributed by atoms with E-state index >= 15 is 0 Å². The van der Waals surface area contributed by atoms with E-state index in [0.717, 1.165) is 36.8 Å². The number of aryl methyl sites for hydroxylation is 1. The summed E-state index contributed by atoms with van der Waals surface area (Å²) >= 11 is 0. The van der Waals surface area contributed by atoms with Crippen LogP contribution in [0.1, 0.15) is 57.9 Å². The molecule has 2 atom stereocenters. The maximum atomic E-state index is 13.5. The molecule has 1 fully saturated rings. The number of hydrazone groups is 1. The summed E-state index contributed by atoms with van der Waals surface area (Å²) in [4.78, 5) is 20.9. The maximum Gasteiger partial charge on any atom is 0.277 e. The highest BCUT2D eigenvalue weighted by molar-refractivity contribution is 5.98. The van der Waals surface area contributed by atoms with Gasteiger partial charge in [-0.2, -0.15) is 5.10 Å². The zero-order valence-electron chi connectivity index (χ0n) is 20.3. The third kappa shape index (κ3) is 5.14. The van der Waals surface area contributed by atoms with Crippen LogP contribution in [0.4, 0.5) is 0 Å². The average molecular weight is 461 g/mol. The van der Waals surface area contributed by atoms with Crippen molar-refractivity contribution >= 4 is 16.9 Å². The Morgan fingerprint density at radius 1 is 1.03 bits per heavy atom. The van der Waals surface area contributed by atoms with Gasteiger partial charge in [0.1, 0.15) is 11.5 Å². The molecular weight excluding hydrogens is 424 g/mol. The molecule has 0 amide bonds. The van der Waals surface area contributed by atoms with E-state index in [1.165, 1.54) is 19.3 Å². The molecule has 7 nitrogen and oxygen atoms in total. The quantitative estimate of drug-likeness (QED) is 0.173. The van der Waals surface area contributed by atoms with Crippen LogP contribution in [-0.4, -0.2) is 38.9 Å². The van der Waals surface area contributed by atoms with Gasteiger partial charge in [0.05, 0.1) is 11.0 Å². The van der Waals surface area contributed by atoms with Crippen molar-refractivity contribution in [3.63, 3.8) is 0 Å². The van der Waals surface area contributed by atoms with Crippen molar-refractivity contribution in [2.24, 2.45) is 16.7 Å². The maximum absolute atomic E-state index is 13.5. The third-order valence-electron chi connectivity index (χ3n) is 7.10. The monoisotopic (exact) mass is 460 g/mol. The molecule has 0 saturated carbocycles. The highest BCUT2D eigenvalue weighted by atomic mass is 16.1. The molecule has 2 unspecified atom stereocenters. The lowest BCUT2D eigenvalue weighted by Crippen LogP contribution is -2.44. The van der Waals surface area contributed by atoms with Crippen molar-refractivity contribution in [1.82, 2.24) is 14.5 Å². The molecule has 7 heteroatoms. The zero-order valence-corrected chi connectivity index (χ0v) is 20.3. The van der Waals surface area contributed by atoms with Gasteiger partial charge in [-0.1, -0.05) is 43.2 Å². The van der Waals surface area contributed by atoms with Gasteiger partial charge < -0.3 is 16.1 Å². The van der Waals surface area contributed by atoms with E-state index in [2.05, 4.69) is 23.8 Å². The second-order valence-electron chi connectivity index (χ2n) is 9.43. The van der Waals surface area contributed by atoms with Crippen LogP contribution in [0.15, 0.2) is 58.4 Å². The van der Waals surface area contributed by atoms with Gasteiger partial charge in [-0.05, 0) is 64.3 Å². The Morgan fingerprint density at radius 3 is 2.53 bits per heavy atom. The van der Waals surface area contributed by atoms with Gasteiger partial charge >= 0.3 is 0 Å². The molecule has 0 spiro atoms. The highest BCUT2D eigenvalue weighted by Crippen LogP contribution is 2.23. The predicted molar refractivity (Wildman–Crippen MR) is 140 cm³/mol. The van der Waals surface area contributed by atoms with E-state index in [9.17, 15) is 4.79 Å². The number of aromatic nitrogens is 2. The van der Waals surface area contributed by atoms with E-state index in [-0.39, 0.29) is 11.4 Å². The standard InChI is InChI=1S/C27H36N6O/c1-19-10-8-11-20(2)32(19)16-6-3-7-17-33-24-15-5-4-14-23(24)30-25(27(33)34)21-12-9-13-22(18-21)26(28)31-29/h4-5,9,12-15,18-20H,3,6-8,10-11,16-17,29H2,1-2H3,(H2,28,31). The van der Waals surface area contributed by atoms with Gasteiger partial charge in [0, 0.05) is 29.8 Å². The summed E-state index contributed by atoms with van der Waals surface area (Å²) in [6, 6.07) is 16.5. The van der Waals surface area contributed by atoms with Crippen LogP contribution >= 0.6 is 0 Å². The van der Waals surface area contributed by atoms with Gasteiger partial charge in [0.15, 0.2) is 0 Å². The number of para-hydroxylation sites is 2. The van der Waals surface area contributed by atoms with Crippen molar-refractivity contribution in [1.29, 1.82) is 0 Å². The Hall–Kier alpha value is -3.19. The molecule has 3 aromatic rings. The fourth-order valence-electron chi connectivity index (χ4n) is 5.16. The van der Waals surface area contributed by atoms with Crippen LogP contribution in [0.2, 0.25) is 0 Å². The summed E-state index contributed by atoms with van der Waals surface area (Å²) in [5.41, 5.74) is 9.27. The number of hydrogen-bond donors (Lipinski definition) is 2. The lowest BCUT2D eigenvalue weighted by atomic mass is 9.97. The summed E-state index contributed by atoms with van der Waals surface area (Å²) in [6.07, 6.45) is 7.14. The second-order valence-corrected chi connectivity index (χ2v) is 9.43. The van der Waals surface area contributed by atoms with Crippen LogP contribution in [-0.2, 0) is 6.54 Å². The SMILES string of the molecule is CC1CCCC(C)N1CCCCCn1c(=O)c(-c2cccc(/C(N)=N\N)c2)nc2ccccc21. The van der Waals surface area contributed by atoms with Gasteiger partial charge in [0.25, 0.3) is 5.56 Å². The van der Waals surface area contributed by atoms with Crippen LogP contribution in [0.25, 0.3) is 22.3 Å². The fourth-order valence-corrected chi connectivity index (χ4v) is 5.16. The van der Waals surface area contributed by atoms with E-state index in [4.69, 9.17) is 16.6 Å². The van der Waals surface area contributed by atoms with Crippen molar-refractivity contribution in [3.8, 4) is 11.3 Å². The molecule has 2 aromatic carbocycles. The summed E-state index contributed by atoms with van der Waals surface area (Å²) in [5, 5.41) is 3.57. The highest BCUT2D eigenvalue weighted by Gasteiger charge is 2.23. The third-order valence-corrected chi connectivity index (χ3v) is 7.10. The van der Waals surface area contributed by atoms with Crippen LogP contribution < -0.4 is 17.1 Å². The summed E-state index contributed by atoms with van der Waals surface area (Å²) in [7, 11) is 0. The Labute approximate surface area is 201 Å². The zero-order chi connectivity index (χ0) is 24.1. The van der Waals surface area contributed by atoms with Crippen molar-refractivity contribution < 1.29 is 0 Å². The van der Waals surface area contributed by atoms with Gasteiger partial charge in [0.2, 0.25) is 0 Å². The Morgan fingerprint density at radius 2 is 1.76 bits per heavy atom. The van der Waals surface area contributed by atoms with E-state index < -0.39 is 0 Å². The lowest BCUT2D eigenvalue weighted by molar-refractivity contribution is 0.101. The predicted octanol–water partition coefficient (Wildman–Crippen LogP) is 4.08. The largest absolute Gasteiger partial charge is 0.382 e. The van der Waals surface area contributed by atoms with Gasteiger partial charge in [-0.15, -0.1) is 0 Å². The molecule has 2 heterocycles. The minimum Gasteiger partial charge on any atom is -0.382 e. The van der Waals surface area contributed by atoms with Crippen molar-refractivity contribution in [2.75, 3.05) is 6.54 Å². The number of likely N-dealkylation sites (tertiary alicyclic amines) is 1. The number of amidine groups is 1. The Bertz CT molecular complexity index is 1210. The molecular formula is C27H36N6O. The molecule has 4 N–H and O–H groups in total. The molecule has 0 bridgehead atoms. The second kappa shape index (κ2) is 10.8.